The summed E-state index contributed by atoms with van der Waals surface area (Å²) >= 11 is 1.64. The Labute approximate surface area is 94.1 Å². The van der Waals surface area contributed by atoms with Crippen LogP contribution in [0.5, 0.6) is 0 Å². The predicted octanol–water partition coefficient (Wildman–Crippen LogP) is 0.397. The SMILES string of the molecule is Cn1ncnc1SCCCC(C)(O)CN. The molecule has 0 aliphatic heterocycles. The Morgan fingerprint density at radius 3 is 2.93 bits per heavy atom. The van der Waals surface area contributed by atoms with Gasteiger partial charge in [0.2, 0.25) is 0 Å². The molecule has 0 fully saturated rings. The monoisotopic (exact) mass is 230 g/mol. The van der Waals surface area contributed by atoms with Gasteiger partial charge < -0.3 is 10.8 Å². The van der Waals surface area contributed by atoms with Crippen molar-refractivity contribution in [2.75, 3.05) is 12.3 Å². The van der Waals surface area contributed by atoms with E-state index in [4.69, 9.17) is 5.73 Å². The average Bonchev–Trinajstić information content (AvgIpc) is 2.59. The number of rotatable bonds is 6. The molecular weight excluding hydrogens is 212 g/mol. The van der Waals surface area contributed by atoms with Crippen molar-refractivity contribution in [3.05, 3.63) is 6.33 Å². The van der Waals surface area contributed by atoms with E-state index in [1.807, 2.05) is 7.05 Å². The van der Waals surface area contributed by atoms with Crippen LogP contribution in [-0.4, -0.2) is 37.8 Å². The molecule has 1 aromatic rings. The molecule has 0 aliphatic carbocycles. The third kappa shape index (κ3) is 4.19. The molecular formula is C9H18N4OS. The highest BCUT2D eigenvalue weighted by atomic mass is 32.2. The molecule has 1 rings (SSSR count). The Kier molecular flexibility index (Phi) is 4.56. The van der Waals surface area contributed by atoms with Gasteiger partial charge in [-0.3, -0.25) is 0 Å². The molecule has 5 nitrogen and oxygen atoms in total. The lowest BCUT2D eigenvalue weighted by atomic mass is 10.0. The van der Waals surface area contributed by atoms with Gasteiger partial charge >= 0.3 is 0 Å². The van der Waals surface area contributed by atoms with Gasteiger partial charge in [0.15, 0.2) is 5.16 Å². The lowest BCUT2D eigenvalue weighted by molar-refractivity contribution is 0.0596. The number of aromatic nitrogens is 3. The maximum absolute atomic E-state index is 9.67. The minimum absolute atomic E-state index is 0.307. The predicted molar refractivity (Wildman–Crippen MR) is 60.6 cm³/mol. The zero-order valence-electron chi connectivity index (χ0n) is 9.18. The average molecular weight is 230 g/mol. The Morgan fingerprint density at radius 2 is 2.40 bits per heavy atom. The highest BCUT2D eigenvalue weighted by molar-refractivity contribution is 7.99. The molecule has 0 radical (unpaired) electrons. The van der Waals surface area contributed by atoms with E-state index in [0.29, 0.717) is 13.0 Å². The molecule has 86 valence electrons. The lowest BCUT2D eigenvalue weighted by Gasteiger charge is -2.20. The fourth-order valence-corrected chi connectivity index (χ4v) is 1.96. The number of thioether (sulfide) groups is 1. The highest BCUT2D eigenvalue weighted by Gasteiger charge is 2.16. The van der Waals surface area contributed by atoms with E-state index in [2.05, 4.69) is 10.1 Å². The van der Waals surface area contributed by atoms with E-state index in [-0.39, 0.29) is 0 Å². The highest BCUT2D eigenvalue weighted by Crippen LogP contribution is 2.18. The van der Waals surface area contributed by atoms with Crippen LogP contribution in [0.1, 0.15) is 19.8 Å². The summed E-state index contributed by atoms with van der Waals surface area (Å²) in [6, 6.07) is 0. The Bertz CT molecular complexity index is 300. The Balaban J connectivity index is 2.20. The molecule has 15 heavy (non-hydrogen) atoms. The van der Waals surface area contributed by atoms with Gasteiger partial charge in [0.25, 0.3) is 0 Å². The first-order valence-electron chi connectivity index (χ1n) is 4.94. The number of nitrogens with zero attached hydrogens (tertiary/aromatic N) is 3. The molecule has 0 aliphatic rings. The minimum atomic E-state index is -0.736. The van der Waals surface area contributed by atoms with Crippen molar-refractivity contribution in [1.29, 1.82) is 0 Å². The zero-order chi connectivity index (χ0) is 11.3. The van der Waals surface area contributed by atoms with E-state index in [1.54, 1.807) is 29.7 Å². The van der Waals surface area contributed by atoms with Gasteiger partial charge in [0, 0.05) is 19.3 Å². The van der Waals surface area contributed by atoms with Crippen LogP contribution in [0.3, 0.4) is 0 Å². The van der Waals surface area contributed by atoms with Crippen LogP contribution in [0.4, 0.5) is 0 Å². The van der Waals surface area contributed by atoms with Crippen LogP contribution in [0.2, 0.25) is 0 Å². The van der Waals surface area contributed by atoms with Crippen molar-refractivity contribution in [1.82, 2.24) is 14.8 Å². The van der Waals surface area contributed by atoms with Crippen LogP contribution < -0.4 is 5.73 Å². The third-order valence-electron chi connectivity index (χ3n) is 2.20. The number of aliphatic hydroxyl groups is 1. The topological polar surface area (TPSA) is 77.0 Å². The molecule has 1 aromatic heterocycles. The van der Waals surface area contributed by atoms with Gasteiger partial charge in [0.1, 0.15) is 6.33 Å². The van der Waals surface area contributed by atoms with E-state index in [9.17, 15) is 5.11 Å². The van der Waals surface area contributed by atoms with Gasteiger partial charge in [-0.25, -0.2) is 9.67 Å². The second kappa shape index (κ2) is 5.48. The molecule has 0 spiro atoms. The zero-order valence-corrected chi connectivity index (χ0v) is 10.00. The summed E-state index contributed by atoms with van der Waals surface area (Å²) in [7, 11) is 1.87. The van der Waals surface area contributed by atoms with E-state index in [1.165, 1.54) is 0 Å². The largest absolute Gasteiger partial charge is 0.389 e. The first-order chi connectivity index (χ1) is 7.05. The molecule has 1 heterocycles. The third-order valence-corrected chi connectivity index (χ3v) is 3.32. The molecule has 0 saturated carbocycles. The van der Waals surface area contributed by atoms with Crippen molar-refractivity contribution < 1.29 is 5.11 Å². The number of hydrogen-bond acceptors (Lipinski definition) is 5. The Morgan fingerprint density at radius 1 is 1.67 bits per heavy atom. The summed E-state index contributed by atoms with van der Waals surface area (Å²) in [5, 5.41) is 14.5. The molecule has 0 bridgehead atoms. The van der Waals surface area contributed by atoms with Gasteiger partial charge in [-0.1, -0.05) is 11.8 Å². The Hall–Kier alpha value is -0.590. The van der Waals surface area contributed by atoms with Gasteiger partial charge in [-0.05, 0) is 19.8 Å². The van der Waals surface area contributed by atoms with Crippen molar-refractivity contribution in [3.8, 4) is 0 Å². The fraction of sp³-hybridized carbons (Fsp3) is 0.778. The minimum Gasteiger partial charge on any atom is -0.389 e. The van der Waals surface area contributed by atoms with Crippen molar-refractivity contribution >= 4 is 11.8 Å². The normalized spacial score (nSPS) is 15.2. The van der Waals surface area contributed by atoms with Crippen molar-refractivity contribution in [2.24, 2.45) is 12.8 Å². The summed E-state index contributed by atoms with van der Waals surface area (Å²) in [4.78, 5) is 4.10. The molecule has 1 atom stereocenters. The van der Waals surface area contributed by atoms with E-state index < -0.39 is 5.60 Å². The first kappa shape index (κ1) is 12.5. The molecule has 3 N–H and O–H groups in total. The summed E-state index contributed by atoms with van der Waals surface area (Å²) in [6.45, 7) is 2.07. The second-order valence-corrected chi connectivity index (χ2v) is 4.88. The van der Waals surface area contributed by atoms with Crippen LogP contribution >= 0.6 is 11.8 Å². The van der Waals surface area contributed by atoms with Crippen LogP contribution in [0, 0.1) is 0 Å². The maximum Gasteiger partial charge on any atom is 0.185 e. The number of hydrogen-bond donors (Lipinski definition) is 2. The fourth-order valence-electron chi connectivity index (χ4n) is 1.13. The van der Waals surface area contributed by atoms with E-state index in [0.717, 1.165) is 17.3 Å². The maximum atomic E-state index is 9.67. The molecule has 0 amide bonds. The van der Waals surface area contributed by atoms with Crippen LogP contribution in [0.15, 0.2) is 11.5 Å². The summed E-state index contributed by atoms with van der Waals surface area (Å²) < 4.78 is 1.74. The molecule has 1 unspecified atom stereocenters. The van der Waals surface area contributed by atoms with Crippen molar-refractivity contribution in [2.45, 2.75) is 30.5 Å². The summed E-state index contributed by atoms with van der Waals surface area (Å²) in [5.74, 6) is 0.919. The molecule has 0 aromatic carbocycles. The standard InChI is InChI=1S/C9H18N4OS/c1-9(14,6-10)4-3-5-15-8-11-7-12-13(8)2/h7,14H,3-6,10H2,1-2H3. The number of aryl methyl sites for hydroxylation is 1. The smallest absolute Gasteiger partial charge is 0.185 e. The van der Waals surface area contributed by atoms with Gasteiger partial charge in [0.05, 0.1) is 5.60 Å². The van der Waals surface area contributed by atoms with Crippen molar-refractivity contribution in [3.63, 3.8) is 0 Å². The molecule has 6 heteroatoms. The van der Waals surface area contributed by atoms with Crippen LogP contribution in [-0.2, 0) is 7.05 Å². The summed E-state index contributed by atoms with van der Waals surface area (Å²) in [5.41, 5.74) is 4.69. The van der Waals surface area contributed by atoms with Crippen LogP contribution in [0.25, 0.3) is 0 Å². The quantitative estimate of drug-likeness (QED) is 0.546. The summed E-state index contributed by atoms with van der Waals surface area (Å²) in [6.07, 6.45) is 3.18. The van der Waals surface area contributed by atoms with E-state index >= 15 is 0 Å². The van der Waals surface area contributed by atoms with Gasteiger partial charge in [-0.15, -0.1) is 0 Å². The molecule has 0 saturated heterocycles. The second-order valence-electron chi connectivity index (χ2n) is 3.82. The number of nitrogens with two attached hydrogens (primary N) is 1. The lowest BCUT2D eigenvalue weighted by Crippen LogP contribution is -2.34. The van der Waals surface area contributed by atoms with Gasteiger partial charge in [-0.2, -0.15) is 5.10 Å². The first-order valence-corrected chi connectivity index (χ1v) is 5.93.